The van der Waals surface area contributed by atoms with Crippen molar-refractivity contribution in [2.24, 2.45) is 0 Å². The average molecular weight is 230 g/mol. The SMILES string of the molecule is COCc1nc(N)cc(Cc2cccnc2)n1. The topological polar surface area (TPSA) is 73.9 Å². The van der Waals surface area contributed by atoms with Gasteiger partial charge < -0.3 is 10.5 Å². The fraction of sp³-hybridized carbons (Fsp3) is 0.250. The van der Waals surface area contributed by atoms with E-state index < -0.39 is 0 Å². The number of rotatable bonds is 4. The summed E-state index contributed by atoms with van der Waals surface area (Å²) in [6, 6.07) is 5.67. The summed E-state index contributed by atoms with van der Waals surface area (Å²) in [5.41, 5.74) is 7.69. The molecule has 0 fully saturated rings. The van der Waals surface area contributed by atoms with Crippen LogP contribution in [0, 0.1) is 0 Å². The van der Waals surface area contributed by atoms with Gasteiger partial charge in [0.25, 0.3) is 0 Å². The maximum atomic E-state index is 5.72. The molecule has 2 aromatic rings. The van der Waals surface area contributed by atoms with Gasteiger partial charge in [0.2, 0.25) is 0 Å². The van der Waals surface area contributed by atoms with Crippen molar-refractivity contribution in [3.63, 3.8) is 0 Å². The van der Waals surface area contributed by atoms with Crippen molar-refractivity contribution in [1.82, 2.24) is 15.0 Å². The smallest absolute Gasteiger partial charge is 0.156 e. The summed E-state index contributed by atoms with van der Waals surface area (Å²) >= 11 is 0. The molecule has 0 aliphatic rings. The molecular weight excluding hydrogens is 216 g/mol. The van der Waals surface area contributed by atoms with Crippen LogP contribution >= 0.6 is 0 Å². The van der Waals surface area contributed by atoms with Gasteiger partial charge in [0, 0.05) is 32.0 Å². The highest BCUT2D eigenvalue weighted by molar-refractivity contribution is 5.32. The Labute approximate surface area is 99.7 Å². The van der Waals surface area contributed by atoms with E-state index in [1.54, 1.807) is 19.4 Å². The fourth-order valence-electron chi connectivity index (χ4n) is 1.57. The summed E-state index contributed by atoms with van der Waals surface area (Å²) in [5, 5.41) is 0. The number of ether oxygens (including phenoxy) is 1. The zero-order valence-corrected chi connectivity index (χ0v) is 9.63. The standard InChI is InChI=1S/C12H14N4O/c1-17-8-12-15-10(6-11(13)16-12)5-9-3-2-4-14-7-9/h2-4,6-7H,5,8H2,1H3,(H2,13,15,16). The molecule has 2 heterocycles. The third kappa shape index (κ3) is 3.22. The minimum atomic E-state index is 0.366. The summed E-state index contributed by atoms with van der Waals surface area (Å²) < 4.78 is 5.00. The Kier molecular flexibility index (Phi) is 3.62. The number of hydrogen-bond donors (Lipinski definition) is 1. The van der Waals surface area contributed by atoms with Crippen molar-refractivity contribution in [2.45, 2.75) is 13.0 Å². The summed E-state index contributed by atoms with van der Waals surface area (Å²) in [6.07, 6.45) is 4.25. The van der Waals surface area contributed by atoms with Gasteiger partial charge in [0.15, 0.2) is 5.82 Å². The summed E-state index contributed by atoms with van der Waals surface area (Å²) in [4.78, 5) is 12.5. The van der Waals surface area contributed by atoms with E-state index in [0.717, 1.165) is 11.3 Å². The van der Waals surface area contributed by atoms with E-state index in [0.29, 0.717) is 24.7 Å². The Morgan fingerprint density at radius 3 is 2.94 bits per heavy atom. The molecule has 17 heavy (non-hydrogen) atoms. The van der Waals surface area contributed by atoms with Crippen LogP contribution in [-0.4, -0.2) is 22.1 Å². The molecule has 0 spiro atoms. The summed E-state index contributed by atoms with van der Waals surface area (Å²) in [7, 11) is 1.60. The molecular formula is C12H14N4O. The van der Waals surface area contributed by atoms with Gasteiger partial charge in [-0.1, -0.05) is 6.07 Å². The first-order valence-electron chi connectivity index (χ1n) is 5.28. The number of nitrogen functional groups attached to an aromatic ring is 1. The van der Waals surface area contributed by atoms with Gasteiger partial charge in [0.05, 0.1) is 5.69 Å². The van der Waals surface area contributed by atoms with Crippen molar-refractivity contribution in [1.29, 1.82) is 0 Å². The highest BCUT2D eigenvalue weighted by Crippen LogP contribution is 2.09. The third-order valence-corrected chi connectivity index (χ3v) is 2.23. The Morgan fingerprint density at radius 1 is 1.35 bits per heavy atom. The van der Waals surface area contributed by atoms with Gasteiger partial charge >= 0.3 is 0 Å². The van der Waals surface area contributed by atoms with Gasteiger partial charge in [-0.15, -0.1) is 0 Å². The normalized spacial score (nSPS) is 10.4. The second kappa shape index (κ2) is 5.36. The number of methoxy groups -OCH3 is 1. The number of pyridine rings is 1. The molecule has 2 N–H and O–H groups in total. The predicted molar refractivity (Wildman–Crippen MR) is 64.2 cm³/mol. The van der Waals surface area contributed by atoms with Gasteiger partial charge in [-0.05, 0) is 11.6 Å². The first-order valence-corrected chi connectivity index (χ1v) is 5.28. The molecule has 0 unspecified atom stereocenters. The van der Waals surface area contributed by atoms with Crippen LogP contribution in [0.1, 0.15) is 17.1 Å². The molecule has 0 saturated heterocycles. The van der Waals surface area contributed by atoms with Crippen molar-refractivity contribution in [3.8, 4) is 0 Å². The van der Waals surface area contributed by atoms with E-state index in [1.165, 1.54) is 0 Å². The maximum absolute atomic E-state index is 5.72. The molecule has 2 aromatic heterocycles. The van der Waals surface area contributed by atoms with E-state index in [1.807, 2.05) is 18.3 Å². The lowest BCUT2D eigenvalue weighted by molar-refractivity contribution is 0.177. The van der Waals surface area contributed by atoms with Crippen LogP contribution in [0.4, 0.5) is 5.82 Å². The van der Waals surface area contributed by atoms with Gasteiger partial charge in [-0.25, -0.2) is 9.97 Å². The molecule has 2 rings (SSSR count). The number of aromatic nitrogens is 3. The van der Waals surface area contributed by atoms with E-state index >= 15 is 0 Å². The van der Waals surface area contributed by atoms with Crippen molar-refractivity contribution in [2.75, 3.05) is 12.8 Å². The van der Waals surface area contributed by atoms with Crippen molar-refractivity contribution < 1.29 is 4.74 Å². The van der Waals surface area contributed by atoms with Crippen LogP contribution in [0.3, 0.4) is 0 Å². The third-order valence-electron chi connectivity index (χ3n) is 2.23. The summed E-state index contributed by atoms with van der Waals surface area (Å²) in [6.45, 7) is 0.366. The van der Waals surface area contributed by atoms with Crippen LogP contribution in [0.15, 0.2) is 30.6 Å². The van der Waals surface area contributed by atoms with E-state index in [2.05, 4.69) is 15.0 Å². The second-order valence-electron chi connectivity index (χ2n) is 3.67. The van der Waals surface area contributed by atoms with Crippen LogP contribution in [0.5, 0.6) is 0 Å². The molecule has 0 atom stereocenters. The Bertz CT molecular complexity index is 487. The van der Waals surface area contributed by atoms with E-state index in [4.69, 9.17) is 10.5 Å². The number of nitrogens with zero attached hydrogens (tertiary/aromatic N) is 3. The van der Waals surface area contributed by atoms with Crippen LogP contribution < -0.4 is 5.73 Å². The lowest BCUT2D eigenvalue weighted by Crippen LogP contribution is -2.05. The van der Waals surface area contributed by atoms with Crippen molar-refractivity contribution in [3.05, 3.63) is 47.7 Å². The number of anilines is 1. The fourth-order valence-corrected chi connectivity index (χ4v) is 1.57. The second-order valence-corrected chi connectivity index (χ2v) is 3.67. The molecule has 0 aliphatic heterocycles. The van der Waals surface area contributed by atoms with Gasteiger partial charge in [-0.3, -0.25) is 4.98 Å². The Balaban J connectivity index is 2.21. The minimum Gasteiger partial charge on any atom is -0.384 e. The molecule has 0 bridgehead atoms. The lowest BCUT2D eigenvalue weighted by atomic mass is 10.1. The van der Waals surface area contributed by atoms with Crippen LogP contribution in [0.25, 0.3) is 0 Å². The number of nitrogens with two attached hydrogens (primary N) is 1. The minimum absolute atomic E-state index is 0.366. The first-order chi connectivity index (χ1) is 8.28. The highest BCUT2D eigenvalue weighted by atomic mass is 16.5. The lowest BCUT2D eigenvalue weighted by Gasteiger charge is -2.05. The first kappa shape index (κ1) is 11.5. The van der Waals surface area contributed by atoms with Crippen molar-refractivity contribution >= 4 is 5.82 Å². The molecule has 5 heteroatoms. The molecule has 0 aliphatic carbocycles. The quantitative estimate of drug-likeness (QED) is 0.854. The monoisotopic (exact) mass is 230 g/mol. The van der Waals surface area contributed by atoms with Crippen LogP contribution in [-0.2, 0) is 17.8 Å². The van der Waals surface area contributed by atoms with Gasteiger partial charge in [0.1, 0.15) is 12.4 Å². The Morgan fingerprint density at radius 2 is 2.24 bits per heavy atom. The highest BCUT2D eigenvalue weighted by Gasteiger charge is 2.03. The average Bonchev–Trinajstić information content (AvgIpc) is 2.30. The Hall–Kier alpha value is -2.01. The number of hydrogen-bond acceptors (Lipinski definition) is 5. The molecule has 0 saturated carbocycles. The largest absolute Gasteiger partial charge is 0.384 e. The zero-order chi connectivity index (χ0) is 12.1. The molecule has 0 amide bonds. The predicted octanol–water partition coefficient (Wildman–Crippen LogP) is 1.19. The molecule has 88 valence electrons. The van der Waals surface area contributed by atoms with E-state index in [9.17, 15) is 0 Å². The maximum Gasteiger partial charge on any atom is 0.156 e. The molecule has 0 aromatic carbocycles. The zero-order valence-electron chi connectivity index (χ0n) is 9.63. The van der Waals surface area contributed by atoms with Crippen LogP contribution in [0.2, 0.25) is 0 Å². The van der Waals surface area contributed by atoms with Gasteiger partial charge in [-0.2, -0.15) is 0 Å². The molecule has 5 nitrogen and oxygen atoms in total. The summed E-state index contributed by atoms with van der Waals surface area (Å²) in [5.74, 6) is 1.07. The molecule has 0 radical (unpaired) electrons. The van der Waals surface area contributed by atoms with E-state index in [-0.39, 0.29) is 0 Å².